The predicted molar refractivity (Wildman–Crippen MR) is 79.4 cm³/mol. The highest BCUT2D eigenvalue weighted by Gasteiger charge is 2.53. The number of rotatable bonds is 3. The van der Waals surface area contributed by atoms with Gasteiger partial charge in [-0.2, -0.15) is 0 Å². The molecule has 0 radical (unpaired) electrons. The van der Waals surface area contributed by atoms with Crippen LogP contribution in [0.5, 0.6) is 0 Å². The van der Waals surface area contributed by atoms with Gasteiger partial charge in [0.25, 0.3) is 0 Å². The zero-order valence-electron chi connectivity index (χ0n) is 12.9. The molecule has 5 aliphatic rings. The van der Waals surface area contributed by atoms with Gasteiger partial charge in [0.2, 0.25) is 11.8 Å². The van der Waals surface area contributed by atoms with Crippen LogP contribution in [0.2, 0.25) is 0 Å². The van der Waals surface area contributed by atoms with E-state index in [4.69, 9.17) is 0 Å². The van der Waals surface area contributed by atoms with Crippen LogP contribution in [0.25, 0.3) is 0 Å². The van der Waals surface area contributed by atoms with Crippen molar-refractivity contribution in [1.82, 2.24) is 10.6 Å². The van der Waals surface area contributed by atoms with Gasteiger partial charge in [0.15, 0.2) is 0 Å². The zero-order valence-corrected chi connectivity index (χ0v) is 12.9. The number of carbonyl (C=O) groups excluding carboxylic acids is 2. The second-order valence-electron chi connectivity index (χ2n) is 8.17. The highest BCUT2D eigenvalue weighted by molar-refractivity contribution is 5.90. The molecule has 1 aliphatic heterocycles. The standard InChI is InChI=1S/C17H26N2O2/c1-10(18-16(21)14-2-3-15(20)19-14)17-7-11-4-12(8-17)6-13(5-11)9-17/h10-14H,2-9H2,1H3,(H,18,21)(H,19,20)/t10?,11?,12?,13?,14-,17?/m0/s1. The summed E-state index contributed by atoms with van der Waals surface area (Å²) in [4.78, 5) is 23.6. The van der Waals surface area contributed by atoms with Gasteiger partial charge < -0.3 is 10.6 Å². The molecule has 5 fully saturated rings. The fourth-order valence-corrected chi connectivity index (χ4v) is 5.99. The van der Waals surface area contributed by atoms with Crippen LogP contribution >= 0.6 is 0 Å². The van der Waals surface area contributed by atoms with Crippen molar-refractivity contribution in [2.24, 2.45) is 23.2 Å². The number of carbonyl (C=O) groups is 2. The molecule has 21 heavy (non-hydrogen) atoms. The van der Waals surface area contributed by atoms with E-state index in [0.29, 0.717) is 18.3 Å². The molecule has 0 spiro atoms. The molecule has 1 unspecified atom stereocenters. The summed E-state index contributed by atoms with van der Waals surface area (Å²) >= 11 is 0. The van der Waals surface area contributed by atoms with Crippen LogP contribution in [-0.4, -0.2) is 23.9 Å². The lowest BCUT2D eigenvalue weighted by atomic mass is 9.48. The molecule has 4 aliphatic carbocycles. The summed E-state index contributed by atoms with van der Waals surface area (Å²) in [6.07, 6.45) is 9.34. The van der Waals surface area contributed by atoms with Crippen molar-refractivity contribution in [2.45, 2.75) is 70.4 Å². The molecule has 0 aromatic carbocycles. The third-order valence-corrected chi connectivity index (χ3v) is 6.67. The lowest BCUT2D eigenvalue weighted by molar-refractivity contribution is -0.129. The van der Waals surface area contributed by atoms with Crippen molar-refractivity contribution in [1.29, 1.82) is 0 Å². The second-order valence-corrected chi connectivity index (χ2v) is 8.17. The topological polar surface area (TPSA) is 58.2 Å². The average Bonchev–Trinajstić information content (AvgIpc) is 2.84. The molecule has 2 atom stereocenters. The minimum Gasteiger partial charge on any atom is -0.351 e. The molecule has 4 bridgehead atoms. The quantitative estimate of drug-likeness (QED) is 0.835. The first kappa shape index (κ1) is 13.6. The Morgan fingerprint density at radius 1 is 1.19 bits per heavy atom. The van der Waals surface area contributed by atoms with E-state index in [-0.39, 0.29) is 23.9 Å². The lowest BCUT2D eigenvalue weighted by Gasteiger charge is -2.59. The van der Waals surface area contributed by atoms with Crippen molar-refractivity contribution in [3.63, 3.8) is 0 Å². The highest BCUT2D eigenvalue weighted by Crippen LogP contribution is 2.61. The third-order valence-electron chi connectivity index (χ3n) is 6.67. The Morgan fingerprint density at radius 2 is 1.76 bits per heavy atom. The SMILES string of the molecule is CC(NC(=O)[C@@H]1CCC(=O)N1)C12CC3CC(CC(C3)C1)C2. The summed E-state index contributed by atoms with van der Waals surface area (Å²) in [7, 11) is 0. The molecular formula is C17H26N2O2. The largest absolute Gasteiger partial charge is 0.351 e. The van der Waals surface area contributed by atoms with E-state index < -0.39 is 0 Å². The van der Waals surface area contributed by atoms with Gasteiger partial charge in [-0.05, 0) is 75.0 Å². The Hall–Kier alpha value is -1.06. The van der Waals surface area contributed by atoms with E-state index >= 15 is 0 Å². The maximum Gasteiger partial charge on any atom is 0.242 e. The minimum absolute atomic E-state index is 0.0117. The molecule has 116 valence electrons. The zero-order chi connectivity index (χ0) is 14.6. The molecule has 2 amide bonds. The summed E-state index contributed by atoms with van der Waals surface area (Å²) in [6.45, 7) is 2.20. The summed E-state index contributed by atoms with van der Waals surface area (Å²) in [5, 5.41) is 6.03. The van der Waals surface area contributed by atoms with Gasteiger partial charge in [0.05, 0.1) is 0 Å². The molecule has 1 saturated heterocycles. The van der Waals surface area contributed by atoms with Gasteiger partial charge in [-0.25, -0.2) is 0 Å². The van der Waals surface area contributed by atoms with E-state index in [1.54, 1.807) is 0 Å². The molecule has 4 saturated carbocycles. The molecule has 1 heterocycles. The van der Waals surface area contributed by atoms with Crippen LogP contribution in [0.4, 0.5) is 0 Å². The molecule has 4 heteroatoms. The van der Waals surface area contributed by atoms with Crippen LogP contribution in [0.1, 0.15) is 58.3 Å². The average molecular weight is 290 g/mol. The van der Waals surface area contributed by atoms with Crippen LogP contribution in [0, 0.1) is 23.2 Å². The predicted octanol–water partition coefficient (Wildman–Crippen LogP) is 1.99. The van der Waals surface area contributed by atoms with Crippen LogP contribution in [-0.2, 0) is 9.59 Å². The van der Waals surface area contributed by atoms with Crippen molar-refractivity contribution in [3.8, 4) is 0 Å². The van der Waals surface area contributed by atoms with Gasteiger partial charge in [0, 0.05) is 12.5 Å². The summed E-state index contributed by atoms with van der Waals surface area (Å²) in [6, 6.07) is -0.0511. The number of amides is 2. The Kier molecular flexibility index (Phi) is 3.05. The molecule has 5 rings (SSSR count). The molecule has 4 nitrogen and oxygen atoms in total. The van der Waals surface area contributed by atoms with Crippen LogP contribution in [0.3, 0.4) is 0 Å². The number of hydrogen-bond acceptors (Lipinski definition) is 2. The van der Waals surface area contributed by atoms with Crippen LogP contribution < -0.4 is 10.6 Å². The maximum absolute atomic E-state index is 12.4. The molecule has 2 N–H and O–H groups in total. The van der Waals surface area contributed by atoms with Crippen molar-refractivity contribution in [3.05, 3.63) is 0 Å². The number of nitrogens with one attached hydrogen (secondary N) is 2. The minimum atomic E-state index is -0.297. The van der Waals surface area contributed by atoms with Gasteiger partial charge in [0.1, 0.15) is 6.04 Å². The van der Waals surface area contributed by atoms with E-state index in [9.17, 15) is 9.59 Å². The summed E-state index contributed by atoms with van der Waals surface area (Å²) < 4.78 is 0. The maximum atomic E-state index is 12.4. The Balaban J connectivity index is 1.44. The normalized spacial score (nSPS) is 45.5. The molecule has 0 aromatic rings. The molecule has 0 aromatic heterocycles. The van der Waals surface area contributed by atoms with Gasteiger partial charge in [-0.15, -0.1) is 0 Å². The fraction of sp³-hybridized carbons (Fsp3) is 0.882. The first-order valence-corrected chi connectivity index (χ1v) is 8.64. The summed E-state index contributed by atoms with van der Waals surface area (Å²) in [5.41, 5.74) is 0.340. The van der Waals surface area contributed by atoms with Gasteiger partial charge in [-0.3, -0.25) is 9.59 Å². The van der Waals surface area contributed by atoms with E-state index in [0.717, 1.165) is 17.8 Å². The van der Waals surface area contributed by atoms with Crippen molar-refractivity contribution < 1.29 is 9.59 Å². The number of hydrogen-bond donors (Lipinski definition) is 2. The fourth-order valence-electron chi connectivity index (χ4n) is 5.99. The van der Waals surface area contributed by atoms with E-state index in [2.05, 4.69) is 17.6 Å². The smallest absolute Gasteiger partial charge is 0.242 e. The molecular weight excluding hydrogens is 264 g/mol. The van der Waals surface area contributed by atoms with E-state index in [1.807, 2.05) is 0 Å². The van der Waals surface area contributed by atoms with E-state index in [1.165, 1.54) is 38.5 Å². The Morgan fingerprint density at radius 3 is 2.24 bits per heavy atom. The van der Waals surface area contributed by atoms with Crippen molar-refractivity contribution >= 4 is 11.8 Å². The lowest BCUT2D eigenvalue weighted by Crippen LogP contribution is -2.57. The highest BCUT2D eigenvalue weighted by atomic mass is 16.2. The second kappa shape index (κ2) is 4.72. The first-order valence-electron chi connectivity index (χ1n) is 8.64. The first-order chi connectivity index (χ1) is 10.0. The van der Waals surface area contributed by atoms with Gasteiger partial charge >= 0.3 is 0 Å². The van der Waals surface area contributed by atoms with Crippen LogP contribution in [0.15, 0.2) is 0 Å². The third kappa shape index (κ3) is 2.27. The Bertz CT molecular complexity index is 438. The Labute approximate surface area is 126 Å². The monoisotopic (exact) mass is 290 g/mol. The van der Waals surface area contributed by atoms with Crippen molar-refractivity contribution in [2.75, 3.05) is 0 Å². The summed E-state index contributed by atoms with van der Waals surface area (Å²) in [5.74, 6) is 2.76. The van der Waals surface area contributed by atoms with Gasteiger partial charge in [-0.1, -0.05) is 0 Å².